The van der Waals surface area contributed by atoms with Gasteiger partial charge >= 0.3 is 0 Å². The van der Waals surface area contributed by atoms with Gasteiger partial charge in [0.05, 0.1) is 12.8 Å². The number of aromatic nitrogens is 2. The Morgan fingerprint density at radius 2 is 1.81 bits per heavy atom. The highest BCUT2D eigenvalue weighted by Gasteiger charge is 2.17. The van der Waals surface area contributed by atoms with Crippen molar-refractivity contribution in [3.8, 4) is 17.0 Å². The van der Waals surface area contributed by atoms with E-state index in [9.17, 15) is 4.39 Å². The Hall–Kier alpha value is -2.36. The van der Waals surface area contributed by atoms with Crippen molar-refractivity contribution in [2.24, 2.45) is 0 Å². The van der Waals surface area contributed by atoms with Crippen LogP contribution in [0.5, 0.6) is 5.75 Å². The van der Waals surface area contributed by atoms with Crippen LogP contribution in [0.15, 0.2) is 42.5 Å². The second kappa shape index (κ2) is 5.20. The molecule has 0 saturated carbocycles. The quantitative estimate of drug-likeness (QED) is 0.711. The van der Waals surface area contributed by atoms with Crippen LogP contribution in [0.3, 0.4) is 0 Å². The lowest BCUT2D eigenvalue weighted by atomic mass is 10.1. The molecular weight excluding hydrogens is 267 g/mol. The molecule has 3 rings (SSSR count). The predicted molar refractivity (Wildman–Crippen MR) is 82.1 cm³/mol. The molecule has 1 aromatic heterocycles. The first-order valence-electron chi connectivity index (χ1n) is 6.93. The fourth-order valence-corrected chi connectivity index (χ4v) is 2.50. The first-order chi connectivity index (χ1) is 10.1. The highest BCUT2D eigenvalue weighted by atomic mass is 19.1. The average molecular weight is 284 g/mol. The minimum atomic E-state index is -0.290. The molecule has 3 nitrogen and oxygen atoms in total. The fraction of sp³-hybridized carbons (Fsp3) is 0.235. The minimum Gasteiger partial charge on any atom is -0.497 e. The molecule has 0 fully saturated rings. The lowest BCUT2D eigenvalue weighted by Gasteiger charge is -2.11. The Balaban J connectivity index is 2.28. The van der Waals surface area contributed by atoms with E-state index in [2.05, 4.69) is 5.10 Å². The third-order valence-electron chi connectivity index (χ3n) is 3.53. The van der Waals surface area contributed by atoms with Crippen molar-refractivity contribution in [2.45, 2.75) is 19.9 Å². The number of benzene rings is 2. The van der Waals surface area contributed by atoms with Crippen LogP contribution in [0.4, 0.5) is 4.39 Å². The van der Waals surface area contributed by atoms with Gasteiger partial charge in [0.15, 0.2) is 5.82 Å². The normalized spacial score (nSPS) is 11.3. The zero-order chi connectivity index (χ0) is 15.0. The molecule has 0 aliphatic rings. The number of hydrogen-bond donors (Lipinski definition) is 0. The Morgan fingerprint density at radius 3 is 2.43 bits per heavy atom. The van der Waals surface area contributed by atoms with Gasteiger partial charge in [-0.2, -0.15) is 5.10 Å². The summed E-state index contributed by atoms with van der Waals surface area (Å²) >= 11 is 0. The standard InChI is InChI=1S/C17H17FN2O/c1-11(2)20-17(12-7-9-13(21-3)10-8-12)14-5-4-6-15(18)16(14)19-20/h4-11H,1-3H3. The number of ether oxygens (including phenoxy) is 1. The summed E-state index contributed by atoms with van der Waals surface area (Å²) in [5, 5.41) is 5.27. The molecule has 0 bridgehead atoms. The zero-order valence-corrected chi connectivity index (χ0v) is 12.3. The molecule has 0 aliphatic carbocycles. The molecule has 0 amide bonds. The molecule has 2 aromatic carbocycles. The summed E-state index contributed by atoms with van der Waals surface area (Å²) in [6, 6.07) is 13.0. The number of methoxy groups -OCH3 is 1. The van der Waals surface area contributed by atoms with Gasteiger partial charge in [0.1, 0.15) is 11.3 Å². The van der Waals surface area contributed by atoms with Crippen LogP contribution in [0, 0.1) is 5.82 Å². The molecule has 108 valence electrons. The largest absolute Gasteiger partial charge is 0.497 e. The van der Waals surface area contributed by atoms with Crippen molar-refractivity contribution < 1.29 is 9.13 Å². The monoisotopic (exact) mass is 284 g/mol. The van der Waals surface area contributed by atoms with Crippen molar-refractivity contribution in [2.75, 3.05) is 7.11 Å². The molecule has 21 heavy (non-hydrogen) atoms. The van der Waals surface area contributed by atoms with Gasteiger partial charge in [-0.25, -0.2) is 4.39 Å². The van der Waals surface area contributed by atoms with Gasteiger partial charge in [-0.05, 0) is 44.2 Å². The third-order valence-corrected chi connectivity index (χ3v) is 3.53. The second-order valence-electron chi connectivity index (χ2n) is 5.25. The summed E-state index contributed by atoms with van der Waals surface area (Å²) in [5.41, 5.74) is 2.34. The topological polar surface area (TPSA) is 27.1 Å². The number of hydrogen-bond acceptors (Lipinski definition) is 2. The van der Waals surface area contributed by atoms with E-state index >= 15 is 0 Å². The van der Waals surface area contributed by atoms with Crippen LogP contribution >= 0.6 is 0 Å². The van der Waals surface area contributed by atoms with Crippen molar-refractivity contribution >= 4 is 10.9 Å². The maximum atomic E-state index is 14.0. The summed E-state index contributed by atoms with van der Waals surface area (Å²) in [7, 11) is 1.64. The van der Waals surface area contributed by atoms with Crippen LogP contribution in [0.25, 0.3) is 22.2 Å². The van der Waals surface area contributed by atoms with Gasteiger partial charge in [0, 0.05) is 17.0 Å². The summed E-state index contributed by atoms with van der Waals surface area (Å²) in [4.78, 5) is 0. The molecule has 0 saturated heterocycles. The van der Waals surface area contributed by atoms with Crippen molar-refractivity contribution in [1.29, 1.82) is 0 Å². The van der Waals surface area contributed by atoms with Gasteiger partial charge < -0.3 is 4.74 Å². The molecular formula is C17H17FN2O. The molecule has 0 unspecified atom stereocenters. The molecule has 4 heteroatoms. The molecule has 0 atom stereocenters. The smallest absolute Gasteiger partial charge is 0.151 e. The Morgan fingerprint density at radius 1 is 1.10 bits per heavy atom. The number of fused-ring (bicyclic) bond motifs is 1. The predicted octanol–water partition coefficient (Wildman–Crippen LogP) is 4.43. The Bertz CT molecular complexity index is 775. The van der Waals surface area contributed by atoms with Crippen LogP contribution < -0.4 is 4.74 Å². The lowest BCUT2D eigenvalue weighted by Crippen LogP contribution is -2.04. The highest BCUT2D eigenvalue weighted by molar-refractivity contribution is 5.93. The van der Waals surface area contributed by atoms with Crippen LogP contribution in [-0.4, -0.2) is 16.9 Å². The van der Waals surface area contributed by atoms with Crippen LogP contribution in [0.2, 0.25) is 0 Å². The third kappa shape index (κ3) is 2.27. The summed E-state index contributed by atoms with van der Waals surface area (Å²) in [6.45, 7) is 4.08. The molecule has 3 aromatic rings. The molecule has 0 spiro atoms. The Kier molecular flexibility index (Phi) is 3.37. The molecule has 0 aliphatic heterocycles. The fourth-order valence-electron chi connectivity index (χ4n) is 2.50. The van der Waals surface area contributed by atoms with E-state index in [0.29, 0.717) is 5.52 Å². The van der Waals surface area contributed by atoms with E-state index in [4.69, 9.17) is 4.74 Å². The van der Waals surface area contributed by atoms with E-state index in [1.54, 1.807) is 13.2 Å². The molecule has 1 heterocycles. The van der Waals surface area contributed by atoms with E-state index < -0.39 is 0 Å². The summed E-state index contributed by atoms with van der Waals surface area (Å²) in [6.07, 6.45) is 0. The van der Waals surface area contributed by atoms with Crippen LogP contribution in [0.1, 0.15) is 19.9 Å². The first kappa shape index (κ1) is 13.6. The van der Waals surface area contributed by atoms with Crippen LogP contribution in [-0.2, 0) is 0 Å². The second-order valence-corrected chi connectivity index (χ2v) is 5.25. The van der Waals surface area contributed by atoms with Crippen molar-refractivity contribution in [1.82, 2.24) is 9.78 Å². The maximum Gasteiger partial charge on any atom is 0.151 e. The van der Waals surface area contributed by atoms with E-state index in [0.717, 1.165) is 22.4 Å². The number of halogens is 1. The maximum absolute atomic E-state index is 14.0. The van der Waals surface area contributed by atoms with Gasteiger partial charge in [-0.3, -0.25) is 4.68 Å². The van der Waals surface area contributed by atoms with Gasteiger partial charge in [0.25, 0.3) is 0 Å². The van der Waals surface area contributed by atoms with Gasteiger partial charge in [-0.1, -0.05) is 12.1 Å². The number of rotatable bonds is 3. The summed E-state index contributed by atoms with van der Waals surface area (Å²) < 4.78 is 21.0. The first-order valence-corrected chi connectivity index (χ1v) is 6.93. The zero-order valence-electron chi connectivity index (χ0n) is 12.3. The lowest BCUT2D eigenvalue weighted by molar-refractivity contribution is 0.415. The average Bonchev–Trinajstić information content (AvgIpc) is 2.88. The van der Waals surface area contributed by atoms with Gasteiger partial charge in [-0.15, -0.1) is 0 Å². The van der Waals surface area contributed by atoms with E-state index in [-0.39, 0.29) is 11.9 Å². The molecule has 0 radical (unpaired) electrons. The highest BCUT2D eigenvalue weighted by Crippen LogP contribution is 2.32. The Labute approximate surface area is 123 Å². The summed E-state index contributed by atoms with van der Waals surface area (Å²) in [5.74, 6) is 0.506. The number of nitrogens with zero attached hydrogens (tertiary/aromatic N) is 2. The van der Waals surface area contributed by atoms with Crippen molar-refractivity contribution in [3.63, 3.8) is 0 Å². The minimum absolute atomic E-state index is 0.147. The SMILES string of the molecule is COc1ccc(-c2c3cccc(F)c3nn2C(C)C)cc1. The van der Waals surface area contributed by atoms with Crippen molar-refractivity contribution in [3.05, 3.63) is 48.3 Å². The van der Waals surface area contributed by atoms with E-state index in [1.807, 2.05) is 48.9 Å². The van der Waals surface area contributed by atoms with E-state index in [1.165, 1.54) is 6.07 Å². The molecule has 0 N–H and O–H groups in total. The van der Waals surface area contributed by atoms with Gasteiger partial charge in [0.2, 0.25) is 0 Å².